The van der Waals surface area contributed by atoms with Gasteiger partial charge in [0, 0.05) is 44.5 Å². The standard InChI is InChI=1S/C21H24ClFN4O/c22-20-14(2-1-3-17(20)23)18-4-5-19(26-25-18)24-21-15-11-27(12-16(15)21)10-13-6-8-28-9-7-13/h1-5,13,15-16,21H,6-12H2,(H,24,26)/t15-,16+,21-. The van der Waals surface area contributed by atoms with Gasteiger partial charge in [-0.3, -0.25) is 0 Å². The van der Waals surface area contributed by atoms with Crippen molar-refractivity contribution in [3.8, 4) is 11.3 Å². The molecule has 1 aromatic carbocycles. The minimum atomic E-state index is -0.445. The third-order valence-corrected chi connectivity index (χ3v) is 6.72. The molecule has 3 aliphatic rings. The van der Waals surface area contributed by atoms with Crippen LogP contribution in [0.2, 0.25) is 5.02 Å². The van der Waals surface area contributed by atoms with Crippen molar-refractivity contribution in [2.24, 2.45) is 17.8 Å². The molecule has 0 amide bonds. The van der Waals surface area contributed by atoms with Crippen molar-refractivity contribution >= 4 is 17.4 Å². The molecular formula is C21H24ClFN4O. The molecule has 7 heteroatoms. The quantitative estimate of drug-likeness (QED) is 0.826. The molecule has 3 atom stereocenters. The van der Waals surface area contributed by atoms with Gasteiger partial charge in [-0.2, -0.15) is 0 Å². The molecule has 2 aromatic rings. The van der Waals surface area contributed by atoms with Gasteiger partial charge in [0.15, 0.2) is 0 Å². The second-order valence-electron chi connectivity index (χ2n) is 8.18. The highest BCUT2D eigenvalue weighted by Gasteiger charge is 2.55. The van der Waals surface area contributed by atoms with E-state index in [1.807, 2.05) is 12.1 Å². The zero-order valence-electron chi connectivity index (χ0n) is 15.7. The molecule has 5 nitrogen and oxygen atoms in total. The van der Waals surface area contributed by atoms with E-state index in [0.717, 1.165) is 24.9 Å². The number of fused-ring (bicyclic) bond motifs is 1. The Morgan fingerprint density at radius 2 is 1.89 bits per heavy atom. The molecule has 0 unspecified atom stereocenters. The lowest BCUT2D eigenvalue weighted by molar-refractivity contribution is 0.0540. The van der Waals surface area contributed by atoms with Crippen molar-refractivity contribution in [1.82, 2.24) is 15.1 Å². The van der Waals surface area contributed by atoms with Crippen LogP contribution in [0, 0.1) is 23.6 Å². The van der Waals surface area contributed by atoms with Gasteiger partial charge in [0.05, 0.1) is 10.7 Å². The Kier molecular flexibility index (Phi) is 4.95. The summed E-state index contributed by atoms with van der Waals surface area (Å²) in [5.74, 6) is 2.54. The minimum absolute atomic E-state index is 0.0823. The minimum Gasteiger partial charge on any atom is -0.381 e. The molecule has 2 aliphatic heterocycles. The molecule has 3 heterocycles. The maximum atomic E-state index is 13.6. The van der Waals surface area contributed by atoms with Crippen LogP contribution in [-0.2, 0) is 4.74 Å². The second-order valence-corrected chi connectivity index (χ2v) is 8.56. The van der Waals surface area contributed by atoms with Crippen LogP contribution < -0.4 is 5.32 Å². The first kappa shape index (κ1) is 18.3. The highest BCUT2D eigenvalue weighted by molar-refractivity contribution is 6.33. The zero-order valence-corrected chi connectivity index (χ0v) is 16.4. The Morgan fingerprint density at radius 1 is 1.11 bits per heavy atom. The van der Waals surface area contributed by atoms with Crippen molar-refractivity contribution in [1.29, 1.82) is 0 Å². The third-order valence-electron chi connectivity index (χ3n) is 6.33. The Labute approximate surface area is 169 Å². The summed E-state index contributed by atoms with van der Waals surface area (Å²) in [6.07, 6.45) is 2.40. The Morgan fingerprint density at radius 3 is 2.61 bits per heavy atom. The van der Waals surface area contributed by atoms with Gasteiger partial charge in [0.2, 0.25) is 0 Å². The van der Waals surface area contributed by atoms with Crippen molar-refractivity contribution < 1.29 is 9.13 Å². The lowest BCUT2D eigenvalue weighted by Gasteiger charge is -2.28. The Hall–Kier alpha value is -1.76. The van der Waals surface area contributed by atoms with Crippen molar-refractivity contribution in [2.45, 2.75) is 18.9 Å². The fourth-order valence-corrected chi connectivity index (χ4v) is 4.92. The van der Waals surface area contributed by atoms with Gasteiger partial charge in [0.1, 0.15) is 11.6 Å². The average molecular weight is 403 g/mol. The smallest absolute Gasteiger partial charge is 0.148 e. The number of benzene rings is 1. The van der Waals surface area contributed by atoms with Gasteiger partial charge in [0.25, 0.3) is 0 Å². The molecule has 0 bridgehead atoms. The number of piperidine rings is 1. The molecule has 2 saturated heterocycles. The van der Waals surface area contributed by atoms with Gasteiger partial charge >= 0.3 is 0 Å². The summed E-state index contributed by atoms with van der Waals surface area (Å²) in [6, 6.07) is 8.95. The van der Waals surface area contributed by atoms with Crippen LogP contribution in [-0.4, -0.2) is 54.0 Å². The van der Waals surface area contributed by atoms with Gasteiger partial charge in [-0.25, -0.2) is 4.39 Å². The summed E-state index contributed by atoms with van der Waals surface area (Å²) in [5, 5.41) is 12.1. The monoisotopic (exact) mass is 402 g/mol. The summed E-state index contributed by atoms with van der Waals surface area (Å²) in [7, 11) is 0. The number of aromatic nitrogens is 2. The van der Waals surface area contributed by atoms with Crippen molar-refractivity contribution in [3.63, 3.8) is 0 Å². The van der Waals surface area contributed by atoms with Crippen molar-refractivity contribution in [3.05, 3.63) is 41.2 Å². The first-order valence-corrected chi connectivity index (χ1v) is 10.4. The molecule has 3 fully saturated rings. The number of hydrogen-bond donors (Lipinski definition) is 1. The topological polar surface area (TPSA) is 50.3 Å². The second kappa shape index (κ2) is 7.58. The number of halogens is 2. The average Bonchev–Trinajstić information content (AvgIpc) is 3.15. The summed E-state index contributed by atoms with van der Waals surface area (Å²) in [6.45, 7) is 5.40. The van der Waals surface area contributed by atoms with E-state index in [1.165, 1.54) is 38.5 Å². The van der Waals surface area contributed by atoms with E-state index in [2.05, 4.69) is 20.4 Å². The van der Waals surface area contributed by atoms with E-state index in [0.29, 0.717) is 29.1 Å². The molecule has 0 spiro atoms. The van der Waals surface area contributed by atoms with Crippen LogP contribution in [0.5, 0.6) is 0 Å². The first-order chi connectivity index (χ1) is 13.7. The number of anilines is 1. The van der Waals surface area contributed by atoms with Gasteiger partial charge in [-0.05, 0) is 48.8 Å². The van der Waals surface area contributed by atoms with Gasteiger partial charge < -0.3 is 15.0 Å². The summed E-state index contributed by atoms with van der Waals surface area (Å²) < 4.78 is 19.1. The van der Waals surface area contributed by atoms with E-state index in [1.54, 1.807) is 12.1 Å². The lowest BCUT2D eigenvalue weighted by Crippen LogP contribution is -2.34. The van der Waals surface area contributed by atoms with Crippen LogP contribution in [0.3, 0.4) is 0 Å². The highest BCUT2D eigenvalue weighted by Crippen LogP contribution is 2.47. The molecule has 1 aliphatic carbocycles. The third kappa shape index (κ3) is 3.61. The number of ether oxygens (including phenoxy) is 1. The van der Waals surface area contributed by atoms with Gasteiger partial charge in [-0.1, -0.05) is 23.7 Å². The molecule has 0 radical (unpaired) electrons. The van der Waals surface area contributed by atoms with Crippen LogP contribution >= 0.6 is 11.6 Å². The molecule has 1 saturated carbocycles. The highest BCUT2D eigenvalue weighted by atomic mass is 35.5. The SMILES string of the molecule is Fc1cccc(-c2ccc(N[C@@H]3[C@@H]4CN(CC5CCOCC5)C[C@@H]43)nn2)c1Cl. The van der Waals surface area contributed by atoms with E-state index in [4.69, 9.17) is 16.3 Å². The van der Waals surface area contributed by atoms with E-state index < -0.39 is 5.82 Å². The summed E-state index contributed by atoms with van der Waals surface area (Å²) >= 11 is 6.04. The number of nitrogens with zero attached hydrogens (tertiary/aromatic N) is 3. The molecule has 1 aromatic heterocycles. The molecule has 1 N–H and O–H groups in total. The zero-order chi connectivity index (χ0) is 19.1. The molecule has 5 rings (SSSR count). The van der Waals surface area contributed by atoms with Crippen LogP contribution in [0.4, 0.5) is 10.2 Å². The number of nitrogens with one attached hydrogen (secondary N) is 1. The molecule has 28 heavy (non-hydrogen) atoms. The summed E-state index contributed by atoms with van der Waals surface area (Å²) in [4.78, 5) is 2.62. The normalized spacial score (nSPS) is 27.6. The van der Waals surface area contributed by atoms with Crippen LogP contribution in [0.15, 0.2) is 30.3 Å². The maximum absolute atomic E-state index is 13.6. The summed E-state index contributed by atoms with van der Waals surface area (Å²) in [5.41, 5.74) is 1.14. The number of hydrogen-bond acceptors (Lipinski definition) is 5. The molecular weight excluding hydrogens is 379 g/mol. The number of likely N-dealkylation sites (tertiary alicyclic amines) is 1. The van der Waals surface area contributed by atoms with E-state index in [-0.39, 0.29) is 5.02 Å². The fraction of sp³-hybridized carbons (Fsp3) is 0.524. The Balaban J connectivity index is 1.15. The molecule has 148 valence electrons. The predicted molar refractivity (Wildman–Crippen MR) is 107 cm³/mol. The van der Waals surface area contributed by atoms with E-state index >= 15 is 0 Å². The van der Waals surface area contributed by atoms with Gasteiger partial charge in [-0.15, -0.1) is 10.2 Å². The van der Waals surface area contributed by atoms with Crippen LogP contribution in [0.1, 0.15) is 12.8 Å². The largest absolute Gasteiger partial charge is 0.381 e. The fourth-order valence-electron chi connectivity index (χ4n) is 4.70. The number of rotatable bonds is 5. The maximum Gasteiger partial charge on any atom is 0.148 e. The van der Waals surface area contributed by atoms with Crippen LogP contribution in [0.25, 0.3) is 11.3 Å². The lowest BCUT2D eigenvalue weighted by atomic mass is 10.00. The van der Waals surface area contributed by atoms with E-state index in [9.17, 15) is 4.39 Å². The predicted octanol–water partition coefficient (Wildman–Crippen LogP) is 3.70. The van der Waals surface area contributed by atoms with Crippen molar-refractivity contribution in [2.75, 3.05) is 38.2 Å². The Bertz CT molecular complexity index is 831. The first-order valence-electron chi connectivity index (χ1n) is 10.0.